The van der Waals surface area contributed by atoms with Crippen LogP contribution in [0.1, 0.15) is 33.4 Å². The molecule has 0 bridgehead atoms. The standard InChI is InChI=1S/C15H22N4S/c1-5-20-14-9-7-6-8-13(14)16-10-12-11-19(18-17-12)15(2,3)4/h6-9,11,16H,5,10H2,1-4H3. The third-order valence-corrected chi connectivity index (χ3v) is 3.83. The van der Waals surface area contributed by atoms with E-state index in [-0.39, 0.29) is 5.54 Å². The molecule has 2 aromatic rings. The Balaban J connectivity index is 2.04. The van der Waals surface area contributed by atoms with E-state index in [0.29, 0.717) is 6.54 Å². The van der Waals surface area contributed by atoms with Gasteiger partial charge >= 0.3 is 0 Å². The fourth-order valence-electron chi connectivity index (χ4n) is 1.79. The van der Waals surface area contributed by atoms with E-state index in [1.54, 1.807) is 0 Å². The number of rotatable bonds is 5. The zero-order valence-electron chi connectivity index (χ0n) is 12.6. The Morgan fingerprint density at radius 2 is 2.00 bits per heavy atom. The van der Waals surface area contributed by atoms with Gasteiger partial charge in [-0.15, -0.1) is 16.9 Å². The van der Waals surface area contributed by atoms with E-state index in [2.05, 4.69) is 61.5 Å². The van der Waals surface area contributed by atoms with Gasteiger partial charge in [0.25, 0.3) is 0 Å². The summed E-state index contributed by atoms with van der Waals surface area (Å²) in [5, 5.41) is 11.8. The fourth-order valence-corrected chi connectivity index (χ4v) is 2.57. The summed E-state index contributed by atoms with van der Waals surface area (Å²) in [6.07, 6.45) is 2.00. The SMILES string of the molecule is CCSc1ccccc1NCc1cn(C(C)(C)C)nn1. The van der Waals surface area contributed by atoms with Crippen molar-refractivity contribution in [2.24, 2.45) is 0 Å². The molecule has 0 amide bonds. The smallest absolute Gasteiger partial charge is 0.102 e. The second-order valence-electron chi connectivity index (χ2n) is 5.61. The van der Waals surface area contributed by atoms with Gasteiger partial charge in [-0.3, -0.25) is 0 Å². The summed E-state index contributed by atoms with van der Waals surface area (Å²) < 4.78 is 1.90. The molecule has 108 valence electrons. The third kappa shape index (κ3) is 3.76. The fraction of sp³-hybridized carbons (Fsp3) is 0.467. The molecule has 1 aromatic heterocycles. The maximum Gasteiger partial charge on any atom is 0.102 e. The monoisotopic (exact) mass is 290 g/mol. The molecule has 4 nitrogen and oxygen atoms in total. The Bertz CT molecular complexity index is 557. The highest BCUT2D eigenvalue weighted by Gasteiger charge is 2.14. The largest absolute Gasteiger partial charge is 0.378 e. The van der Waals surface area contributed by atoms with Crippen molar-refractivity contribution in [2.45, 2.75) is 44.7 Å². The molecule has 1 aromatic carbocycles. The number of benzene rings is 1. The van der Waals surface area contributed by atoms with Crippen molar-refractivity contribution in [1.82, 2.24) is 15.0 Å². The number of hydrogen-bond donors (Lipinski definition) is 1. The summed E-state index contributed by atoms with van der Waals surface area (Å²) in [4.78, 5) is 1.28. The van der Waals surface area contributed by atoms with Gasteiger partial charge in [0, 0.05) is 10.6 Å². The van der Waals surface area contributed by atoms with E-state index in [4.69, 9.17) is 0 Å². The minimum absolute atomic E-state index is 0.0266. The van der Waals surface area contributed by atoms with Gasteiger partial charge < -0.3 is 5.32 Å². The Hall–Kier alpha value is -1.49. The molecule has 20 heavy (non-hydrogen) atoms. The molecule has 0 atom stereocenters. The van der Waals surface area contributed by atoms with Gasteiger partial charge in [0.05, 0.1) is 18.3 Å². The van der Waals surface area contributed by atoms with Crippen LogP contribution < -0.4 is 5.32 Å². The van der Waals surface area contributed by atoms with Crippen molar-refractivity contribution in [3.05, 3.63) is 36.2 Å². The summed E-state index contributed by atoms with van der Waals surface area (Å²) in [7, 11) is 0. The summed E-state index contributed by atoms with van der Waals surface area (Å²) in [5.41, 5.74) is 2.09. The number of hydrogen-bond acceptors (Lipinski definition) is 4. The van der Waals surface area contributed by atoms with Crippen molar-refractivity contribution in [3.8, 4) is 0 Å². The molecule has 2 rings (SSSR count). The molecule has 5 heteroatoms. The molecule has 0 unspecified atom stereocenters. The number of anilines is 1. The highest BCUT2D eigenvalue weighted by atomic mass is 32.2. The summed E-state index contributed by atoms with van der Waals surface area (Å²) >= 11 is 1.84. The number of aromatic nitrogens is 3. The van der Waals surface area contributed by atoms with Gasteiger partial charge in [-0.1, -0.05) is 24.3 Å². The van der Waals surface area contributed by atoms with E-state index in [0.717, 1.165) is 17.1 Å². The maximum atomic E-state index is 4.22. The van der Waals surface area contributed by atoms with Crippen molar-refractivity contribution in [3.63, 3.8) is 0 Å². The van der Waals surface area contributed by atoms with Crippen LogP contribution in [-0.4, -0.2) is 20.7 Å². The number of nitrogens with one attached hydrogen (secondary N) is 1. The molecule has 0 radical (unpaired) electrons. The van der Waals surface area contributed by atoms with Gasteiger partial charge in [0.2, 0.25) is 0 Å². The summed E-state index contributed by atoms with van der Waals surface area (Å²) in [6, 6.07) is 8.36. The zero-order chi connectivity index (χ0) is 14.6. The van der Waals surface area contributed by atoms with E-state index in [1.165, 1.54) is 4.90 Å². The molecule has 0 saturated heterocycles. The van der Waals surface area contributed by atoms with Crippen LogP contribution in [0.4, 0.5) is 5.69 Å². The first kappa shape index (κ1) is 14.9. The van der Waals surface area contributed by atoms with Crippen LogP contribution in [-0.2, 0) is 12.1 Å². The van der Waals surface area contributed by atoms with Gasteiger partial charge in [0.1, 0.15) is 5.69 Å². The Morgan fingerprint density at radius 1 is 1.25 bits per heavy atom. The molecular weight excluding hydrogens is 268 g/mol. The second-order valence-corrected chi connectivity index (χ2v) is 6.91. The van der Waals surface area contributed by atoms with E-state index >= 15 is 0 Å². The second kappa shape index (κ2) is 6.31. The lowest BCUT2D eigenvalue weighted by Crippen LogP contribution is -2.22. The molecule has 1 N–H and O–H groups in total. The molecule has 0 aliphatic heterocycles. The molecule has 0 spiro atoms. The van der Waals surface area contributed by atoms with Crippen LogP contribution in [0.15, 0.2) is 35.4 Å². The highest BCUT2D eigenvalue weighted by molar-refractivity contribution is 7.99. The third-order valence-electron chi connectivity index (χ3n) is 2.87. The summed E-state index contributed by atoms with van der Waals surface area (Å²) in [5.74, 6) is 1.07. The number of para-hydroxylation sites is 1. The van der Waals surface area contributed by atoms with Crippen LogP contribution in [0.5, 0.6) is 0 Å². The van der Waals surface area contributed by atoms with Gasteiger partial charge in [-0.25, -0.2) is 4.68 Å². The zero-order valence-corrected chi connectivity index (χ0v) is 13.4. The molecule has 0 aliphatic rings. The normalized spacial score (nSPS) is 11.6. The van der Waals surface area contributed by atoms with Crippen LogP contribution >= 0.6 is 11.8 Å². The van der Waals surface area contributed by atoms with Crippen LogP contribution in [0.25, 0.3) is 0 Å². The Kier molecular flexibility index (Phi) is 4.70. The predicted molar refractivity (Wildman–Crippen MR) is 85.2 cm³/mol. The van der Waals surface area contributed by atoms with Gasteiger partial charge in [-0.2, -0.15) is 0 Å². The first-order valence-corrected chi connectivity index (χ1v) is 7.86. The van der Waals surface area contributed by atoms with Crippen molar-refractivity contribution in [2.75, 3.05) is 11.1 Å². The van der Waals surface area contributed by atoms with Gasteiger partial charge in [0.15, 0.2) is 0 Å². The lowest BCUT2D eigenvalue weighted by Gasteiger charge is -2.17. The quantitative estimate of drug-likeness (QED) is 0.852. The van der Waals surface area contributed by atoms with Crippen molar-refractivity contribution >= 4 is 17.4 Å². The average Bonchev–Trinajstić information content (AvgIpc) is 2.87. The van der Waals surface area contributed by atoms with Gasteiger partial charge in [-0.05, 0) is 38.7 Å². The minimum atomic E-state index is -0.0266. The lowest BCUT2D eigenvalue weighted by atomic mass is 10.1. The minimum Gasteiger partial charge on any atom is -0.378 e. The maximum absolute atomic E-state index is 4.22. The Labute approximate surface area is 125 Å². The van der Waals surface area contributed by atoms with Crippen LogP contribution in [0.2, 0.25) is 0 Å². The van der Waals surface area contributed by atoms with E-state index in [9.17, 15) is 0 Å². The van der Waals surface area contributed by atoms with E-state index in [1.807, 2.05) is 28.7 Å². The number of thioether (sulfide) groups is 1. The van der Waals surface area contributed by atoms with Crippen molar-refractivity contribution < 1.29 is 0 Å². The van der Waals surface area contributed by atoms with Crippen molar-refractivity contribution in [1.29, 1.82) is 0 Å². The predicted octanol–water partition coefficient (Wildman–Crippen LogP) is 3.76. The molecule has 0 aliphatic carbocycles. The summed E-state index contributed by atoms with van der Waals surface area (Å²) in [6.45, 7) is 9.21. The molecule has 1 heterocycles. The molecule has 0 fully saturated rings. The Morgan fingerprint density at radius 3 is 2.65 bits per heavy atom. The average molecular weight is 290 g/mol. The topological polar surface area (TPSA) is 42.7 Å². The number of nitrogens with zero attached hydrogens (tertiary/aromatic N) is 3. The van der Waals surface area contributed by atoms with Crippen LogP contribution in [0, 0.1) is 0 Å². The van der Waals surface area contributed by atoms with Crippen LogP contribution in [0.3, 0.4) is 0 Å². The highest BCUT2D eigenvalue weighted by Crippen LogP contribution is 2.26. The first-order chi connectivity index (χ1) is 9.50. The molecular formula is C15H22N4S. The van der Waals surface area contributed by atoms with E-state index < -0.39 is 0 Å². The molecule has 0 saturated carbocycles. The first-order valence-electron chi connectivity index (χ1n) is 6.88. The lowest BCUT2D eigenvalue weighted by molar-refractivity contribution is 0.347.